The number of nitrogens with one attached hydrogen (secondary N) is 2. The molecule has 2 amide bonds. The van der Waals surface area contributed by atoms with Crippen molar-refractivity contribution in [3.05, 3.63) is 66.0 Å². The van der Waals surface area contributed by atoms with E-state index in [1.807, 2.05) is 11.9 Å². The van der Waals surface area contributed by atoms with Crippen molar-refractivity contribution in [3.8, 4) is 0 Å². The van der Waals surface area contributed by atoms with Crippen molar-refractivity contribution >= 4 is 64.7 Å². The Morgan fingerprint density at radius 3 is 2.48 bits per heavy atom. The van der Waals surface area contributed by atoms with Crippen LogP contribution in [-0.2, 0) is 16.1 Å². The van der Waals surface area contributed by atoms with Crippen LogP contribution in [0.1, 0.15) is 28.9 Å². The molecule has 2 heterocycles. The average molecular weight is 573 g/mol. The summed E-state index contributed by atoms with van der Waals surface area (Å²) in [5.41, 5.74) is 14.2. The Kier molecular flexibility index (Phi) is 9.09. The molecule has 4 aromatic rings. The zero-order valence-electron chi connectivity index (χ0n) is 22.4. The number of nitrogen functional groups attached to an aromatic ring is 2. The van der Waals surface area contributed by atoms with Crippen molar-refractivity contribution in [2.45, 2.75) is 25.4 Å². The molecule has 0 bridgehead atoms. The number of carbonyl (C=O) groups excluding carboxylic acids is 2. The number of carboxylic acids is 1. The molecule has 2 aromatic carbocycles. The first-order valence-electron chi connectivity index (χ1n) is 12.7. The predicted octanol–water partition coefficient (Wildman–Crippen LogP) is -0.498. The monoisotopic (exact) mass is 573 g/mol. The largest absolute Gasteiger partial charge is 0.488 e. The SMILES string of the molecule is CN(Cc1cnc2nc(N)nc(N)c2n1)c1ccc(C(=O)NC(CCC(=O)Nc2cccc(B(O)O)c2)C(=O)O)cc1. The number of aromatic nitrogens is 4. The second-order valence-electron chi connectivity index (χ2n) is 9.35. The summed E-state index contributed by atoms with van der Waals surface area (Å²) < 4.78 is 0. The van der Waals surface area contributed by atoms with Gasteiger partial charge in [0.2, 0.25) is 11.9 Å². The predicted molar refractivity (Wildman–Crippen MR) is 156 cm³/mol. The molecular weight excluding hydrogens is 545 g/mol. The third-order valence-corrected chi connectivity index (χ3v) is 6.20. The zero-order valence-corrected chi connectivity index (χ0v) is 22.4. The van der Waals surface area contributed by atoms with Crippen molar-refractivity contribution in [3.63, 3.8) is 0 Å². The molecule has 0 spiro atoms. The molecule has 0 saturated carbocycles. The lowest BCUT2D eigenvalue weighted by Crippen LogP contribution is -2.41. The quantitative estimate of drug-likeness (QED) is 0.112. The van der Waals surface area contributed by atoms with Crippen LogP contribution in [0.3, 0.4) is 0 Å². The fraction of sp³-hybridized carbons (Fsp3) is 0.192. The van der Waals surface area contributed by atoms with Gasteiger partial charge < -0.3 is 42.2 Å². The number of hydrogen-bond acceptors (Lipinski definition) is 12. The lowest BCUT2D eigenvalue weighted by Gasteiger charge is -2.19. The molecule has 1 unspecified atom stereocenters. The first kappa shape index (κ1) is 29.6. The summed E-state index contributed by atoms with van der Waals surface area (Å²) >= 11 is 0. The third kappa shape index (κ3) is 7.44. The molecule has 1 atom stereocenters. The van der Waals surface area contributed by atoms with Gasteiger partial charge in [0.05, 0.1) is 18.4 Å². The van der Waals surface area contributed by atoms with E-state index in [1.54, 1.807) is 36.5 Å². The van der Waals surface area contributed by atoms with E-state index < -0.39 is 30.9 Å². The number of hydrogen-bond donors (Lipinski definition) is 7. The summed E-state index contributed by atoms with van der Waals surface area (Å²) in [4.78, 5) is 55.3. The van der Waals surface area contributed by atoms with Gasteiger partial charge in [-0.2, -0.15) is 9.97 Å². The number of anilines is 4. The molecule has 0 aliphatic heterocycles. The standard InChI is InChI=1S/C26H28BN9O6/c1-36(13-17-12-30-23-21(32-17)22(28)34-26(29)35-23)18-7-5-14(6-8-18)24(38)33-19(25(39)40)9-10-20(37)31-16-4-2-3-15(11-16)27(41)42/h2-8,11-12,19,41-42H,9-10,13H2,1H3,(H,31,37)(H,33,38)(H,39,40)(H4,28,29,30,34,35). The highest BCUT2D eigenvalue weighted by atomic mass is 16.4. The van der Waals surface area contributed by atoms with Crippen molar-refractivity contribution in [2.24, 2.45) is 0 Å². The van der Waals surface area contributed by atoms with E-state index in [9.17, 15) is 29.5 Å². The average Bonchev–Trinajstić information content (AvgIpc) is 2.95. The number of benzene rings is 2. The van der Waals surface area contributed by atoms with Gasteiger partial charge in [0.15, 0.2) is 17.0 Å². The smallest absolute Gasteiger partial charge is 0.480 e. The minimum absolute atomic E-state index is 0.00620. The number of rotatable bonds is 11. The van der Waals surface area contributed by atoms with Crippen LogP contribution in [-0.4, -0.2) is 73.1 Å². The highest BCUT2D eigenvalue weighted by Crippen LogP contribution is 2.19. The second kappa shape index (κ2) is 12.9. The molecule has 0 aliphatic carbocycles. The molecule has 4 rings (SSSR count). The molecular formula is C26H28BN9O6. The van der Waals surface area contributed by atoms with Gasteiger partial charge in [0.25, 0.3) is 5.91 Å². The number of carboxylic acid groups (broad SMARTS) is 1. The number of fused-ring (bicyclic) bond motifs is 1. The Morgan fingerprint density at radius 1 is 1.05 bits per heavy atom. The van der Waals surface area contributed by atoms with E-state index in [1.165, 1.54) is 18.2 Å². The molecule has 216 valence electrons. The Labute approximate surface area is 239 Å². The molecule has 16 heteroatoms. The van der Waals surface area contributed by atoms with Crippen LogP contribution < -0.4 is 32.5 Å². The van der Waals surface area contributed by atoms with Crippen molar-refractivity contribution in [1.82, 2.24) is 25.3 Å². The maximum absolute atomic E-state index is 12.8. The fourth-order valence-electron chi connectivity index (χ4n) is 4.04. The second-order valence-corrected chi connectivity index (χ2v) is 9.35. The highest BCUT2D eigenvalue weighted by Gasteiger charge is 2.22. The maximum Gasteiger partial charge on any atom is 0.488 e. The fourth-order valence-corrected chi connectivity index (χ4v) is 4.04. The molecule has 0 saturated heterocycles. The van der Waals surface area contributed by atoms with E-state index in [0.717, 1.165) is 5.69 Å². The Morgan fingerprint density at radius 2 is 1.79 bits per heavy atom. The Hall–Kier alpha value is -5.35. The number of amides is 2. The lowest BCUT2D eigenvalue weighted by molar-refractivity contribution is -0.139. The minimum atomic E-state index is -1.70. The molecule has 0 fully saturated rings. The topological polar surface area (TPSA) is 243 Å². The first-order chi connectivity index (χ1) is 20.0. The van der Waals surface area contributed by atoms with E-state index in [4.69, 9.17) is 11.5 Å². The van der Waals surface area contributed by atoms with Crippen molar-refractivity contribution < 1.29 is 29.5 Å². The van der Waals surface area contributed by atoms with Crippen LogP contribution in [0.4, 0.5) is 23.1 Å². The summed E-state index contributed by atoms with van der Waals surface area (Å²) in [6.45, 7) is 0.353. The first-order valence-corrected chi connectivity index (χ1v) is 12.7. The van der Waals surface area contributed by atoms with E-state index in [0.29, 0.717) is 23.4 Å². The number of carbonyl (C=O) groups is 3. The molecule has 0 aliphatic rings. The van der Waals surface area contributed by atoms with Crippen LogP contribution in [0.25, 0.3) is 11.2 Å². The number of nitrogens with two attached hydrogens (primary N) is 2. The summed E-state index contributed by atoms with van der Waals surface area (Å²) in [6.07, 6.45) is 1.19. The van der Waals surface area contributed by atoms with Gasteiger partial charge in [-0.25, -0.2) is 14.8 Å². The third-order valence-electron chi connectivity index (χ3n) is 6.20. The van der Waals surface area contributed by atoms with Gasteiger partial charge in [-0.05, 0) is 48.3 Å². The van der Waals surface area contributed by atoms with E-state index in [-0.39, 0.29) is 41.3 Å². The van der Waals surface area contributed by atoms with Gasteiger partial charge in [-0.3, -0.25) is 9.59 Å². The normalized spacial score (nSPS) is 11.5. The molecule has 0 radical (unpaired) electrons. The summed E-state index contributed by atoms with van der Waals surface area (Å²) in [7, 11) is 0.121. The lowest BCUT2D eigenvalue weighted by atomic mass is 9.80. The zero-order chi connectivity index (χ0) is 30.4. The summed E-state index contributed by atoms with van der Waals surface area (Å²) in [5, 5.41) is 33.1. The van der Waals surface area contributed by atoms with Crippen molar-refractivity contribution in [2.75, 3.05) is 28.7 Å². The van der Waals surface area contributed by atoms with Gasteiger partial charge in [0.1, 0.15) is 6.04 Å². The molecule has 2 aromatic heterocycles. The minimum Gasteiger partial charge on any atom is -0.480 e. The number of aliphatic carboxylic acids is 1. The van der Waals surface area contributed by atoms with Crippen LogP contribution in [0.5, 0.6) is 0 Å². The van der Waals surface area contributed by atoms with Crippen molar-refractivity contribution in [1.29, 1.82) is 0 Å². The van der Waals surface area contributed by atoms with Gasteiger partial charge in [-0.1, -0.05) is 12.1 Å². The molecule has 15 nitrogen and oxygen atoms in total. The van der Waals surface area contributed by atoms with E-state index >= 15 is 0 Å². The maximum atomic E-state index is 12.8. The molecule has 42 heavy (non-hydrogen) atoms. The van der Waals surface area contributed by atoms with E-state index in [2.05, 4.69) is 30.6 Å². The van der Waals surface area contributed by atoms with Crippen LogP contribution >= 0.6 is 0 Å². The highest BCUT2D eigenvalue weighted by molar-refractivity contribution is 6.58. The summed E-state index contributed by atoms with van der Waals surface area (Å²) in [6, 6.07) is 11.1. The van der Waals surface area contributed by atoms with Crippen LogP contribution in [0.2, 0.25) is 0 Å². The van der Waals surface area contributed by atoms with Gasteiger partial charge in [-0.15, -0.1) is 0 Å². The summed E-state index contributed by atoms with van der Waals surface area (Å²) in [5.74, 6) is -2.27. The molecule has 9 N–H and O–H groups in total. The number of nitrogens with zero attached hydrogens (tertiary/aromatic N) is 5. The van der Waals surface area contributed by atoms with Crippen LogP contribution in [0.15, 0.2) is 54.7 Å². The van der Waals surface area contributed by atoms with Gasteiger partial charge >= 0.3 is 13.1 Å². The van der Waals surface area contributed by atoms with Crippen LogP contribution in [0, 0.1) is 0 Å². The Balaban J connectivity index is 1.33. The Bertz CT molecular complexity index is 1620. The van der Waals surface area contributed by atoms with Gasteiger partial charge in [0, 0.05) is 30.4 Å².